The Bertz CT molecular complexity index is 1120. The number of aromatic nitrogens is 2. The Morgan fingerprint density at radius 3 is 2.54 bits per heavy atom. The van der Waals surface area contributed by atoms with Gasteiger partial charge in [-0.1, -0.05) is 0 Å². The van der Waals surface area contributed by atoms with Crippen molar-refractivity contribution in [3.63, 3.8) is 0 Å². The average Bonchev–Trinajstić information content (AvgIpc) is 2.85. The maximum atomic E-state index is 13.6. The minimum atomic E-state index is -4.73. The lowest BCUT2D eigenvalue weighted by atomic mass is 10.1. The molecule has 0 radical (unpaired) electrons. The molecule has 0 spiro atoms. The Hall–Kier alpha value is -2.54. The third kappa shape index (κ3) is 4.14. The Labute approximate surface area is 156 Å². The number of alkyl halides is 3. The van der Waals surface area contributed by atoms with Crippen molar-refractivity contribution in [1.82, 2.24) is 9.66 Å². The molecule has 2 N–H and O–H groups in total. The lowest BCUT2D eigenvalue weighted by Gasteiger charge is -2.26. The van der Waals surface area contributed by atoms with Crippen molar-refractivity contribution in [2.24, 2.45) is 0 Å². The zero-order chi connectivity index (χ0) is 20.7. The summed E-state index contributed by atoms with van der Waals surface area (Å²) in [6, 6.07) is 1.70. The van der Waals surface area contributed by atoms with Crippen molar-refractivity contribution >= 4 is 26.6 Å². The second-order valence-electron chi connectivity index (χ2n) is 6.30. The van der Waals surface area contributed by atoms with Crippen LogP contribution in [0.15, 0.2) is 21.7 Å². The molecule has 1 saturated heterocycles. The molecular weight excluding hydrogens is 405 g/mol. The summed E-state index contributed by atoms with van der Waals surface area (Å²) in [4.78, 5) is 29.9. The molecule has 28 heavy (non-hydrogen) atoms. The van der Waals surface area contributed by atoms with Gasteiger partial charge in [-0.15, -0.1) is 0 Å². The number of benzene rings is 1. The Morgan fingerprint density at radius 2 is 1.89 bits per heavy atom. The molecule has 1 aromatic carbocycles. The molecule has 0 saturated carbocycles. The van der Waals surface area contributed by atoms with Crippen molar-refractivity contribution in [3.05, 3.63) is 38.5 Å². The first kappa shape index (κ1) is 20.2. The second-order valence-corrected chi connectivity index (χ2v) is 8.03. The van der Waals surface area contributed by atoms with E-state index in [0.29, 0.717) is 19.1 Å². The Kier molecular flexibility index (Phi) is 5.14. The standard InChI is InChI=1S/C15H17F3N4O5S/c1-28(25,26)20-22-13(23)9-7-12(21-3-2-5-27-6-4-21)10(15(16,17)18)8-11(9)19-14(22)24/h7-8,20H,2-6H2,1H3,(H,19,24). The molecule has 3 rings (SSSR count). The molecule has 13 heteroatoms. The molecule has 1 aliphatic heterocycles. The number of fused-ring (bicyclic) bond motifs is 1. The lowest BCUT2D eigenvalue weighted by Crippen LogP contribution is -2.43. The summed E-state index contributed by atoms with van der Waals surface area (Å²) in [6.45, 7) is 1.10. The first-order valence-electron chi connectivity index (χ1n) is 8.18. The topological polar surface area (TPSA) is 114 Å². The zero-order valence-corrected chi connectivity index (χ0v) is 15.5. The van der Waals surface area contributed by atoms with Gasteiger partial charge in [0.05, 0.1) is 29.3 Å². The van der Waals surface area contributed by atoms with E-state index in [9.17, 15) is 31.2 Å². The van der Waals surface area contributed by atoms with Crippen LogP contribution in [-0.2, 0) is 20.9 Å². The number of nitrogens with one attached hydrogen (secondary N) is 2. The van der Waals surface area contributed by atoms with Gasteiger partial charge in [-0.2, -0.15) is 17.8 Å². The molecule has 1 fully saturated rings. The first-order valence-corrected chi connectivity index (χ1v) is 10.1. The van der Waals surface area contributed by atoms with Gasteiger partial charge >= 0.3 is 11.9 Å². The predicted octanol–water partition coefficient (Wildman–Crippen LogP) is 0.438. The quantitative estimate of drug-likeness (QED) is 0.742. The average molecular weight is 422 g/mol. The molecule has 2 heterocycles. The number of nitrogens with zero attached hydrogens (tertiary/aromatic N) is 2. The van der Waals surface area contributed by atoms with Crippen LogP contribution in [0.2, 0.25) is 0 Å². The predicted molar refractivity (Wildman–Crippen MR) is 95.7 cm³/mol. The molecule has 0 bridgehead atoms. The minimum absolute atomic E-state index is 0.188. The van der Waals surface area contributed by atoms with Gasteiger partial charge in [0.15, 0.2) is 0 Å². The number of hydrogen-bond donors (Lipinski definition) is 2. The fraction of sp³-hybridized carbons (Fsp3) is 0.467. The van der Waals surface area contributed by atoms with E-state index < -0.39 is 33.0 Å². The number of aromatic amines is 1. The largest absolute Gasteiger partial charge is 0.418 e. The molecule has 0 aliphatic carbocycles. The molecular formula is C15H17F3N4O5S. The van der Waals surface area contributed by atoms with Crippen LogP contribution in [-0.4, -0.2) is 50.6 Å². The molecule has 0 amide bonds. The maximum Gasteiger partial charge on any atom is 0.418 e. The van der Waals surface area contributed by atoms with Gasteiger partial charge < -0.3 is 14.6 Å². The van der Waals surface area contributed by atoms with Gasteiger partial charge in [0.25, 0.3) is 5.56 Å². The van der Waals surface area contributed by atoms with E-state index in [2.05, 4.69) is 4.98 Å². The van der Waals surface area contributed by atoms with Gasteiger partial charge in [-0.3, -0.25) is 4.79 Å². The van der Waals surface area contributed by atoms with Crippen molar-refractivity contribution in [1.29, 1.82) is 0 Å². The van der Waals surface area contributed by atoms with Crippen LogP contribution >= 0.6 is 0 Å². The summed E-state index contributed by atoms with van der Waals surface area (Å²) in [5.74, 6) is 0. The number of rotatable bonds is 3. The summed E-state index contributed by atoms with van der Waals surface area (Å²) < 4.78 is 69.1. The highest BCUT2D eigenvalue weighted by Crippen LogP contribution is 2.38. The second kappa shape index (κ2) is 7.13. The Morgan fingerprint density at radius 1 is 1.18 bits per heavy atom. The number of halogens is 3. The van der Waals surface area contributed by atoms with Crippen LogP contribution in [0.4, 0.5) is 18.9 Å². The van der Waals surface area contributed by atoms with E-state index in [1.54, 1.807) is 4.83 Å². The third-order valence-corrected chi connectivity index (χ3v) is 4.65. The summed E-state index contributed by atoms with van der Waals surface area (Å²) in [5, 5.41) is -0.260. The van der Waals surface area contributed by atoms with Crippen molar-refractivity contribution in [2.75, 3.05) is 42.3 Å². The smallest absolute Gasteiger partial charge is 0.380 e. The van der Waals surface area contributed by atoms with Crippen LogP contribution < -0.4 is 21.0 Å². The highest BCUT2D eigenvalue weighted by molar-refractivity contribution is 7.91. The van der Waals surface area contributed by atoms with Gasteiger partial charge in [0, 0.05) is 25.4 Å². The Balaban J connectivity index is 2.28. The summed E-state index contributed by atoms with van der Waals surface area (Å²) >= 11 is 0. The monoisotopic (exact) mass is 422 g/mol. The van der Waals surface area contributed by atoms with E-state index in [4.69, 9.17) is 4.74 Å². The van der Waals surface area contributed by atoms with Gasteiger partial charge in [0.2, 0.25) is 10.0 Å². The van der Waals surface area contributed by atoms with Crippen LogP contribution in [0.3, 0.4) is 0 Å². The number of anilines is 1. The van der Waals surface area contributed by atoms with Crippen molar-refractivity contribution in [2.45, 2.75) is 12.6 Å². The van der Waals surface area contributed by atoms with Crippen LogP contribution in [0.1, 0.15) is 12.0 Å². The summed E-state index contributed by atoms with van der Waals surface area (Å²) in [6.07, 6.45) is -3.49. The third-order valence-electron chi connectivity index (χ3n) is 4.14. The first-order chi connectivity index (χ1) is 13.0. The summed E-state index contributed by atoms with van der Waals surface area (Å²) in [5.41, 5.74) is -3.87. The van der Waals surface area contributed by atoms with Crippen LogP contribution in [0.25, 0.3) is 10.9 Å². The van der Waals surface area contributed by atoms with E-state index in [1.165, 1.54) is 4.90 Å². The highest BCUT2D eigenvalue weighted by Gasteiger charge is 2.36. The molecule has 2 aromatic rings. The zero-order valence-electron chi connectivity index (χ0n) is 14.7. The molecule has 0 atom stereocenters. The van der Waals surface area contributed by atoms with E-state index in [0.717, 1.165) is 12.3 Å². The van der Waals surface area contributed by atoms with E-state index in [-0.39, 0.29) is 41.0 Å². The van der Waals surface area contributed by atoms with Crippen molar-refractivity contribution < 1.29 is 26.3 Å². The molecule has 9 nitrogen and oxygen atoms in total. The molecule has 1 aromatic heterocycles. The number of H-pyrrole nitrogens is 1. The lowest BCUT2D eigenvalue weighted by molar-refractivity contribution is -0.137. The minimum Gasteiger partial charge on any atom is -0.380 e. The van der Waals surface area contributed by atoms with Crippen LogP contribution in [0, 0.1) is 0 Å². The van der Waals surface area contributed by atoms with Gasteiger partial charge in [0.1, 0.15) is 0 Å². The molecule has 0 unspecified atom stereocenters. The van der Waals surface area contributed by atoms with Crippen molar-refractivity contribution in [3.8, 4) is 0 Å². The van der Waals surface area contributed by atoms with Gasteiger partial charge in [-0.25, -0.2) is 18.0 Å². The maximum absolute atomic E-state index is 13.6. The summed E-state index contributed by atoms with van der Waals surface area (Å²) in [7, 11) is -3.97. The number of ether oxygens (including phenoxy) is 1. The number of hydrogen-bond acceptors (Lipinski definition) is 6. The normalized spacial score (nSPS) is 16.2. The molecule has 154 valence electrons. The highest BCUT2D eigenvalue weighted by atomic mass is 32.2. The van der Waals surface area contributed by atoms with E-state index in [1.807, 2.05) is 0 Å². The fourth-order valence-electron chi connectivity index (χ4n) is 2.98. The molecule has 1 aliphatic rings. The SMILES string of the molecule is CS(=O)(=O)Nn1c(=O)[nH]c2cc(C(F)(F)F)c(N3CCCOCC3)cc2c1=O. The van der Waals surface area contributed by atoms with Gasteiger partial charge in [-0.05, 0) is 18.6 Å². The fourth-order valence-corrected chi connectivity index (χ4v) is 3.47. The van der Waals surface area contributed by atoms with Crippen LogP contribution in [0.5, 0.6) is 0 Å². The van der Waals surface area contributed by atoms with E-state index >= 15 is 0 Å². The number of sulfonamides is 1.